The van der Waals surface area contributed by atoms with Gasteiger partial charge in [0.25, 0.3) is 15.9 Å². The van der Waals surface area contributed by atoms with Gasteiger partial charge >= 0.3 is 0 Å². The van der Waals surface area contributed by atoms with Gasteiger partial charge in [0.1, 0.15) is 0 Å². The Morgan fingerprint density at radius 2 is 1.38 bits per heavy atom. The number of carbonyl (C=O) groups is 2. The van der Waals surface area contributed by atoms with Crippen LogP contribution in [-0.2, 0) is 10.0 Å². The molecule has 0 heterocycles. The maximum absolute atomic E-state index is 12.5. The van der Waals surface area contributed by atoms with E-state index < -0.39 is 15.9 Å². The number of rotatable bonds is 6. The number of carbonyl (C=O) groups excluding carboxylic acids is 2. The van der Waals surface area contributed by atoms with Crippen molar-refractivity contribution in [2.45, 2.75) is 18.7 Å². The molecule has 0 unspecified atom stereocenters. The molecule has 0 fully saturated rings. The maximum atomic E-state index is 12.5. The fourth-order valence-corrected chi connectivity index (χ4v) is 3.72. The summed E-state index contributed by atoms with van der Waals surface area (Å²) in [6.07, 6.45) is 0. The van der Waals surface area contributed by atoms with E-state index in [1.807, 2.05) is 6.92 Å². The zero-order valence-electron chi connectivity index (χ0n) is 16.0. The molecule has 0 aliphatic heterocycles. The first kappa shape index (κ1) is 20.3. The van der Waals surface area contributed by atoms with Crippen molar-refractivity contribution in [2.75, 3.05) is 10.0 Å². The van der Waals surface area contributed by atoms with Gasteiger partial charge in [-0.2, -0.15) is 0 Å². The lowest BCUT2D eigenvalue weighted by Gasteiger charge is -2.10. The molecule has 3 aromatic rings. The van der Waals surface area contributed by atoms with Gasteiger partial charge in [-0.25, -0.2) is 8.42 Å². The maximum Gasteiger partial charge on any atom is 0.261 e. The minimum Gasteiger partial charge on any atom is -0.322 e. The van der Waals surface area contributed by atoms with Gasteiger partial charge in [-0.05, 0) is 56.3 Å². The number of sulfonamides is 1. The van der Waals surface area contributed by atoms with E-state index in [0.29, 0.717) is 11.3 Å². The summed E-state index contributed by atoms with van der Waals surface area (Å²) in [5.41, 5.74) is 2.48. The first-order chi connectivity index (χ1) is 13.7. The molecule has 29 heavy (non-hydrogen) atoms. The van der Waals surface area contributed by atoms with Crippen LogP contribution in [0.5, 0.6) is 0 Å². The zero-order valence-corrected chi connectivity index (χ0v) is 16.8. The summed E-state index contributed by atoms with van der Waals surface area (Å²) in [6.45, 7) is 3.32. The minimum atomic E-state index is -3.77. The molecule has 0 aliphatic carbocycles. The van der Waals surface area contributed by atoms with E-state index in [1.165, 1.54) is 25.1 Å². The van der Waals surface area contributed by atoms with Gasteiger partial charge in [0.05, 0.1) is 4.90 Å². The van der Waals surface area contributed by atoms with Gasteiger partial charge in [0.15, 0.2) is 5.78 Å². The van der Waals surface area contributed by atoms with Gasteiger partial charge < -0.3 is 5.32 Å². The van der Waals surface area contributed by atoms with Crippen LogP contribution < -0.4 is 10.0 Å². The van der Waals surface area contributed by atoms with Gasteiger partial charge in [0.2, 0.25) is 0 Å². The highest BCUT2D eigenvalue weighted by Crippen LogP contribution is 2.19. The first-order valence-corrected chi connectivity index (χ1v) is 10.3. The molecule has 0 spiro atoms. The van der Waals surface area contributed by atoms with Crippen molar-refractivity contribution >= 4 is 33.1 Å². The fraction of sp³-hybridized carbons (Fsp3) is 0.0909. The molecule has 0 aliphatic rings. The molecular weight excluding hydrogens is 388 g/mol. The third kappa shape index (κ3) is 5.08. The Kier molecular flexibility index (Phi) is 5.79. The molecule has 3 rings (SSSR count). The first-order valence-electron chi connectivity index (χ1n) is 8.86. The monoisotopic (exact) mass is 408 g/mol. The molecule has 0 radical (unpaired) electrons. The number of hydrogen-bond donors (Lipinski definition) is 2. The summed E-state index contributed by atoms with van der Waals surface area (Å²) in [4.78, 5) is 24.2. The third-order valence-electron chi connectivity index (χ3n) is 4.24. The SMILES string of the molecule is CC(=O)c1cccc(NC(=O)c2cccc(NS(=O)(=O)c3ccc(C)cc3)c2)c1. The second kappa shape index (κ2) is 8.28. The second-order valence-electron chi connectivity index (χ2n) is 6.59. The number of Topliss-reactive ketones (excluding diaryl/α,β-unsaturated/α-hetero) is 1. The van der Waals surface area contributed by atoms with E-state index in [9.17, 15) is 18.0 Å². The summed E-state index contributed by atoms with van der Waals surface area (Å²) in [5, 5.41) is 2.71. The number of amides is 1. The average molecular weight is 408 g/mol. The number of anilines is 2. The predicted octanol–water partition coefficient (Wildman–Crippen LogP) is 4.25. The standard InChI is InChI=1S/C22H20N2O4S/c1-15-9-11-21(12-10-15)29(27,28)24-20-8-4-6-18(14-20)22(26)23-19-7-3-5-17(13-19)16(2)25/h3-14,24H,1-2H3,(H,23,26). The number of hydrogen-bond acceptors (Lipinski definition) is 4. The summed E-state index contributed by atoms with van der Waals surface area (Å²) in [5.74, 6) is -0.518. The van der Waals surface area contributed by atoms with Crippen molar-refractivity contribution < 1.29 is 18.0 Å². The van der Waals surface area contributed by atoms with E-state index in [0.717, 1.165) is 5.56 Å². The second-order valence-corrected chi connectivity index (χ2v) is 8.27. The van der Waals surface area contributed by atoms with Crippen molar-refractivity contribution in [1.29, 1.82) is 0 Å². The van der Waals surface area contributed by atoms with Crippen molar-refractivity contribution in [3.05, 3.63) is 89.5 Å². The fourth-order valence-electron chi connectivity index (χ4n) is 2.67. The Morgan fingerprint density at radius 1 is 0.793 bits per heavy atom. The van der Waals surface area contributed by atoms with Crippen LogP contribution in [0.15, 0.2) is 77.7 Å². The van der Waals surface area contributed by atoms with Crippen LogP contribution in [0.1, 0.15) is 33.2 Å². The van der Waals surface area contributed by atoms with Gasteiger partial charge in [-0.1, -0.05) is 35.9 Å². The highest BCUT2D eigenvalue weighted by molar-refractivity contribution is 7.92. The summed E-state index contributed by atoms with van der Waals surface area (Å²) >= 11 is 0. The Bertz CT molecular complexity index is 1170. The van der Waals surface area contributed by atoms with E-state index in [1.54, 1.807) is 54.6 Å². The van der Waals surface area contributed by atoms with Crippen LogP contribution in [0.25, 0.3) is 0 Å². The number of nitrogens with one attached hydrogen (secondary N) is 2. The highest BCUT2D eigenvalue weighted by atomic mass is 32.2. The highest BCUT2D eigenvalue weighted by Gasteiger charge is 2.15. The van der Waals surface area contributed by atoms with E-state index in [-0.39, 0.29) is 21.9 Å². The zero-order chi connectivity index (χ0) is 21.0. The third-order valence-corrected chi connectivity index (χ3v) is 5.63. The molecule has 0 bridgehead atoms. The van der Waals surface area contributed by atoms with Crippen LogP contribution >= 0.6 is 0 Å². The summed E-state index contributed by atoms with van der Waals surface area (Å²) < 4.78 is 27.6. The van der Waals surface area contributed by atoms with Crippen molar-refractivity contribution in [3.63, 3.8) is 0 Å². The Labute approximate surface area is 169 Å². The number of benzene rings is 3. The molecule has 1 amide bonds. The predicted molar refractivity (Wildman–Crippen MR) is 113 cm³/mol. The van der Waals surface area contributed by atoms with Crippen molar-refractivity contribution in [3.8, 4) is 0 Å². The van der Waals surface area contributed by atoms with Crippen LogP contribution in [0.4, 0.5) is 11.4 Å². The topological polar surface area (TPSA) is 92.3 Å². The van der Waals surface area contributed by atoms with Crippen molar-refractivity contribution in [2.24, 2.45) is 0 Å². The number of aryl methyl sites for hydroxylation is 1. The molecule has 3 aromatic carbocycles. The summed E-state index contributed by atoms with van der Waals surface area (Å²) in [7, 11) is -3.77. The quantitative estimate of drug-likeness (QED) is 0.597. The van der Waals surface area contributed by atoms with Gasteiger partial charge in [0, 0.05) is 22.5 Å². The molecule has 0 atom stereocenters. The molecule has 7 heteroatoms. The van der Waals surface area contributed by atoms with Crippen LogP contribution in [0.2, 0.25) is 0 Å². The van der Waals surface area contributed by atoms with Crippen LogP contribution in [0.3, 0.4) is 0 Å². The Balaban J connectivity index is 1.78. The van der Waals surface area contributed by atoms with E-state index in [4.69, 9.17) is 0 Å². The molecule has 2 N–H and O–H groups in total. The molecule has 0 saturated heterocycles. The Hall–Kier alpha value is -3.45. The smallest absolute Gasteiger partial charge is 0.261 e. The average Bonchev–Trinajstić information content (AvgIpc) is 2.68. The van der Waals surface area contributed by atoms with Crippen LogP contribution in [-0.4, -0.2) is 20.1 Å². The van der Waals surface area contributed by atoms with E-state index >= 15 is 0 Å². The van der Waals surface area contributed by atoms with E-state index in [2.05, 4.69) is 10.0 Å². The number of ketones is 1. The minimum absolute atomic E-state index is 0.103. The molecular formula is C22H20N2O4S. The molecule has 0 saturated carbocycles. The lowest BCUT2D eigenvalue weighted by molar-refractivity contribution is 0.101. The molecule has 6 nitrogen and oxygen atoms in total. The Morgan fingerprint density at radius 3 is 2.03 bits per heavy atom. The normalized spacial score (nSPS) is 11.0. The molecule has 0 aromatic heterocycles. The van der Waals surface area contributed by atoms with Gasteiger partial charge in [-0.3, -0.25) is 14.3 Å². The van der Waals surface area contributed by atoms with Gasteiger partial charge in [-0.15, -0.1) is 0 Å². The van der Waals surface area contributed by atoms with Crippen molar-refractivity contribution in [1.82, 2.24) is 0 Å². The lowest BCUT2D eigenvalue weighted by atomic mass is 10.1. The summed E-state index contributed by atoms with van der Waals surface area (Å²) in [6, 6.07) is 19.3. The van der Waals surface area contributed by atoms with Crippen LogP contribution in [0, 0.1) is 6.92 Å². The lowest BCUT2D eigenvalue weighted by Crippen LogP contribution is -2.15. The largest absolute Gasteiger partial charge is 0.322 e. The molecule has 148 valence electrons.